The zero-order valence-electron chi connectivity index (χ0n) is 15.1. The molecule has 0 aliphatic heterocycles. The van der Waals surface area contributed by atoms with Gasteiger partial charge in [-0.05, 0) is 30.6 Å². The van der Waals surface area contributed by atoms with E-state index in [2.05, 4.69) is 41.6 Å². The van der Waals surface area contributed by atoms with Gasteiger partial charge in [-0.2, -0.15) is 0 Å². The quantitative estimate of drug-likeness (QED) is 0.620. The molecule has 0 aromatic carbocycles. The molecule has 0 saturated heterocycles. The topological polar surface area (TPSA) is 62.5 Å². The molecule has 130 valence electrons. The first-order valence-electron chi connectivity index (χ1n) is 9.02. The highest BCUT2D eigenvalue weighted by atomic mass is 16.5. The molecule has 0 atom stereocenters. The van der Waals surface area contributed by atoms with Crippen molar-refractivity contribution in [1.29, 1.82) is 0 Å². The van der Waals surface area contributed by atoms with Crippen molar-refractivity contribution >= 4 is 5.96 Å². The molecular formula is C18H32N4O. The van der Waals surface area contributed by atoms with Crippen LogP contribution in [0.5, 0.6) is 0 Å². The zero-order valence-corrected chi connectivity index (χ0v) is 15.1. The molecule has 1 saturated carbocycles. The monoisotopic (exact) mass is 320 g/mol. The van der Waals surface area contributed by atoms with Gasteiger partial charge in [0.1, 0.15) is 0 Å². The number of nitrogens with one attached hydrogen (secondary N) is 2. The van der Waals surface area contributed by atoms with Gasteiger partial charge in [-0.3, -0.25) is 4.99 Å². The lowest BCUT2D eigenvalue weighted by Gasteiger charge is -2.28. The smallest absolute Gasteiger partial charge is 0.191 e. The van der Waals surface area contributed by atoms with Gasteiger partial charge in [-0.25, -0.2) is 0 Å². The van der Waals surface area contributed by atoms with Crippen LogP contribution in [-0.4, -0.2) is 24.7 Å². The highest BCUT2D eigenvalue weighted by Gasteiger charge is 2.20. The summed E-state index contributed by atoms with van der Waals surface area (Å²) >= 11 is 0. The second-order valence-corrected chi connectivity index (χ2v) is 6.97. The van der Waals surface area contributed by atoms with Crippen molar-refractivity contribution in [3.8, 4) is 0 Å². The first-order valence-corrected chi connectivity index (χ1v) is 9.02. The number of aromatic nitrogens is 1. The Morgan fingerprint density at radius 1 is 1.26 bits per heavy atom. The van der Waals surface area contributed by atoms with Crippen LogP contribution in [0.2, 0.25) is 0 Å². The lowest BCUT2D eigenvalue weighted by atomic mass is 9.81. The molecule has 1 aliphatic rings. The molecule has 1 fully saturated rings. The summed E-state index contributed by atoms with van der Waals surface area (Å²) in [6.07, 6.45) is 6.76. The number of aliphatic imine (C=N–C) groups is 1. The van der Waals surface area contributed by atoms with Gasteiger partial charge in [0, 0.05) is 19.7 Å². The normalized spacial score (nSPS) is 22.4. The molecule has 1 aromatic rings. The van der Waals surface area contributed by atoms with Crippen LogP contribution >= 0.6 is 0 Å². The molecular weight excluding hydrogens is 288 g/mol. The van der Waals surface area contributed by atoms with Gasteiger partial charge in [0.25, 0.3) is 0 Å². The molecule has 1 heterocycles. The van der Waals surface area contributed by atoms with Gasteiger partial charge in [-0.15, -0.1) is 0 Å². The first-order chi connectivity index (χ1) is 11.1. The van der Waals surface area contributed by atoms with Crippen molar-refractivity contribution < 1.29 is 4.52 Å². The fourth-order valence-electron chi connectivity index (χ4n) is 3.16. The molecule has 23 heavy (non-hydrogen) atoms. The van der Waals surface area contributed by atoms with Crippen LogP contribution in [0.4, 0.5) is 0 Å². The second-order valence-electron chi connectivity index (χ2n) is 6.97. The van der Waals surface area contributed by atoms with Gasteiger partial charge >= 0.3 is 0 Å². The Labute approximate surface area is 140 Å². The van der Waals surface area contributed by atoms with Crippen molar-refractivity contribution in [2.75, 3.05) is 13.6 Å². The maximum atomic E-state index is 5.34. The minimum Gasteiger partial charge on any atom is -0.359 e. The lowest BCUT2D eigenvalue weighted by molar-refractivity contribution is 0.269. The lowest BCUT2D eigenvalue weighted by Crippen LogP contribution is -2.40. The Bertz CT molecular complexity index is 487. The third-order valence-corrected chi connectivity index (χ3v) is 4.92. The van der Waals surface area contributed by atoms with E-state index in [1.165, 1.54) is 32.1 Å². The molecule has 5 heteroatoms. The number of hydrogen-bond donors (Lipinski definition) is 2. The van der Waals surface area contributed by atoms with Crippen LogP contribution in [0, 0.1) is 11.8 Å². The van der Waals surface area contributed by atoms with Crippen LogP contribution in [-0.2, 0) is 6.54 Å². The fourth-order valence-corrected chi connectivity index (χ4v) is 3.16. The summed E-state index contributed by atoms with van der Waals surface area (Å²) in [7, 11) is 1.81. The molecule has 1 aliphatic carbocycles. The van der Waals surface area contributed by atoms with E-state index in [0.29, 0.717) is 12.5 Å². The standard InChI is InChI=1S/C18H32N4O/c1-5-14-6-8-15(9-7-14)11-20-18(19-4)21-12-16-10-17(13(2)3)22-23-16/h10,13-15H,5-9,11-12H2,1-4H3,(H2,19,20,21). The summed E-state index contributed by atoms with van der Waals surface area (Å²) in [5, 5.41) is 10.8. The molecule has 2 rings (SSSR count). The Kier molecular flexibility index (Phi) is 6.93. The highest BCUT2D eigenvalue weighted by molar-refractivity contribution is 5.79. The molecule has 1 aromatic heterocycles. The maximum absolute atomic E-state index is 5.34. The number of guanidine groups is 1. The molecule has 0 bridgehead atoms. The molecule has 5 nitrogen and oxygen atoms in total. The van der Waals surface area contributed by atoms with E-state index in [1.807, 2.05) is 13.1 Å². The van der Waals surface area contributed by atoms with Crippen LogP contribution in [0.25, 0.3) is 0 Å². The number of hydrogen-bond acceptors (Lipinski definition) is 3. The Morgan fingerprint density at radius 3 is 2.52 bits per heavy atom. The van der Waals surface area contributed by atoms with Crippen molar-refractivity contribution in [3.63, 3.8) is 0 Å². The van der Waals surface area contributed by atoms with E-state index in [9.17, 15) is 0 Å². The van der Waals surface area contributed by atoms with E-state index in [0.717, 1.165) is 35.8 Å². The largest absolute Gasteiger partial charge is 0.359 e. The van der Waals surface area contributed by atoms with E-state index in [-0.39, 0.29) is 0 Å². The van der Waals surface area contributed by atoms with Gasteiger partial charge in [0.2, 0.25) is 0 Å². The number of rotatable bonds is 6. The predicted molar refractivity (Wildman–Crippen MR) is 94.5 cm³/mol. The zero-order chi connectivity index (χ0) is 16.7. The van der Waals surface area contributed by atoms with Crippen LogP contribution in [0.3, 0.4) is 0 Å². The fraction of sp³-hybridized carbons (Fsp3) is 0.778. The van der Waals surface area contributed by atoms with E-state index >= 15 is 0 Å². The maximum Gasteiger partial charge on any atom is 0.191 e. The summed E-state index contributed by atoms with van der Waals surface area (Å²) < 4.78 is 5.34. The predicted octanol–water partition coefficient (Wildman–Crippen LogP) is 3.68. The van der Waals surface area contributed by atoms with Gasteiger partial charge < -0.3 is 15.2 Å². The van der Waals surface area contributed by atoms with Crippen molar-refractivity contribution in [3.05, 3.63) is 17.5 Å². The summed E-state index contributed by atoms with van der Waals surface area (Å²) in [6.45, 7) is 8.15. The average Bonchev–Trinajstić information content (AvgIpc) is 3.05. The van der Waals surface area contributed by atoms with Crippen molar-refractivity contribution in [2.45, 2.75) is 65.3 Å². The highest BCUT2D eigenvalue weighted by Crippen LogP contribution is 2.30. The molecule has 2 N–H and O–H groups in total. The van der Waals surface area contributed by atoms with Crippen LogP contribution in [0.15, 0.2) is 15.6 Å². The minimum absolute atomic E-state index is 0.392. The Hall–Kier alpha value is -1.52. The summed E-state index contributed by atoms with van der Waals surface area (Å²) in [5.74, 6) is 3.80. The van der Waals surface area contributed by atoms with E-state index in [4.69, 9.17) is 4.52 Å². The van der Waals surface area contributed by atoms with Gasteiger partial charge in [0.05, 0.1) is 12.2 Å². The van der Waals surface area contributed by atoms with E-state index in [1.54, 1.807) is 0 Å². The van der Waals surface area contributed by atoms with Gasteiger partial charge in [-0.1, -0.05) is 45.2 Å². The van der Waals surface area contributed by atoms with Crippen molar-refractivity contribution in [2.24, 2.45) is 16.8 Å². The first kappa shape index (κ1) is 17.8. The third kappa shape index (κ3) is 5.56. The SMILES string of the molecule is CCC1CCC(CNC(=NC)NCc2cc(C(C)C)no2)CC1. The Balaban J connectivity index is 1.71. The molecule has 0 amide bonds. The number of nitrogens with zero attached hydrogens (tertiary/aromatic N) is 2. The van der Waals surface area contributed by atoms with Crippen molar-refractivity contribution in [1.82, 2.24) is 15.8 Å². The minimum atomic E-state index is 0.392. The summed E-state index contributed by atoms with van der Waals surface area (Å²) in [4.78, 5) is 4.29. The van der Waals surface area contributed by atoms with Crippen LogP contribution < -0.4 is 10.6 Å². The second kappa shape index (κ2) is 8.94. The molecule has 0 unspecified atom stereocenters. The van der Waals surface area contributed by atoms with Gasteiger partial charge in [0.15, 0.2) is 11.7 Å². The average molecular weight is 320 g/mol. The van der Waals surface area contributed by atoms with E-state index < -0.39 is 0 Å². The summed E-state index contributed by atoms with van der Waals surface area (Å²) in [6, 6.07) is 2.01. The van der Waals surface area contributed by atoms with Crippen LogP contribution in [0.1, 0.15) is 70.2 Å². The molecule has 0 spiro atoms. The Morgan fingerprint density at radius 2 is 1.96 bits per heavy atom. The third-order valence-electron chi connectivity index (χ3n) is 4.92. The molecule has 0 radical (unpaired) electrons. The summed E-state index contributed by atoms with van der Waals surface area (Å²) in [5.41, 5.74) is 0.998.